The number of halogens is 12. The normalized spacial score (nSPS) is 16.4. The third-order valence-electron chi connectivity index (χ3n) is 4.93. The van der Waals surface area contributed by atoms with Crippen molar-refractivity contribution in [3.63, 3.8) is 0 Å². The lowest BCUT2D eigenvalue weighted by Gasteiger charge is -2.38. The van der Waals surface area contributed by atoms with E-state index in [0.29, 0.717) is 5.56 Å². The number of alkyl halides is 11. The van der Waals surface area contributed by atoms with Gasteiger partial charge in [0.1, 0.15) is 0 Å². The van der Waals surface area contributed by atoms with Crippen LogP contribution in [0.25, 0.3) is 6.08 Å². The Morgan fingerprint density at radius 2 is 1.47 bits per heavy atom. The Balaban J connectivity index is 2.36. The molecule has 1 aliphatic heterocycles. The molecule has 34 heavy (non-hydrogen) atoms. The van der Waals surface area contributed by atoms with E-state index in [-0.39, 0.29) is 24.4 Å². The van der Waals surface area contributed by atoms with Gasteiger partial charge in [-0.1, -0.05) is 36.4 Å². The van der Waals surface area contributed by atoms with Crippen LogP contribution in [0.3, 0.4) is 0 Å². The average Bonchev–Trinajstić information content (AvgIpc) is 2.71. The molecule has 1 atom stereocenters. The zero-order valence-electron chi connectivity index (χ0n) is 16.3. The molecule has 2 aromatic carbocycles. The zero-order chi connectivity index (χ0) is 25.7. The second-order valence-electron chi connectivity index (χ2n) is 6.95. The van der Waals surface area contributed by atoms with Crippen molar-refractivity contribution in [2.75, 3.05) is 11.4 Å². The number of ether oxygens (including phenoxy) is 1. The van der Waals surface area contributed by atoms with Crippen molar-refractivity contribution in [3.05, 3.63) is 58.1 Å². The highest BCUT2D eigenvalue weighted by Gasteiger charge is 2.82. The molecule has 3 rings (SSSR count). The van der Waals surface area contributed by atoms with Crippen LogP contribution in [-0.4, -0.2) is 31.4 Å². The second-order valence-corrected chi connectivity index (χ2v) is 7.75. The van der Waals surface area contributed by atoms with Gasteiger partial charge in [0.05, 0.1) is 10.2 Å². The van der Waals surface area contributed by atoms with Crippen LogP contribution >= 0.6 is 15.9 Å². The smallest absolute Gasteiger partial charge is 0.433 e. The van der Waals surface area contributed by atoms with Gasteiger partial charge >= 0.3 is 30.6 Å². The Morgan fingerprint density at radius 3 is 2.03 bits per heavy atom. The van der Waals surface area contributed by atoms with Crippen LogP contribution in [0.5, 0.6) is 5.75 Å². The first-order valence-corrected chi connectivity index (χ1v) is 9.84. The first kappa shape index (κ1) is 26.1. The van der Waals surface area contributed by atoms with Crippen LogP contribution in [0.15, 0.2) is 46.9 Å². The fourth-order valence-corrected chi connectivity index (χ4v) is 4.23. The third kappa shape index (κ3) is 4.09. The first-order valence-electron chi connectivity index (χ1n) is 9.05. The zero-order valence-corrected chi connectivity index (χ0v) is 17.9. The SMILES string of the molecule is FC(F)Oc1ccc(C(F)(C(F)(F)F)C(F)(F)C(F)(F)F)c(Br)c1N1CC=Cc2ccccc21. The number of hydrogen-bond donors (Lipinski definition) is 0. The summed E-state index contributed by atoms with van der Waals surface area (Å²) in [5.74, 6) is -7.83. The van der Waals surface area contributed by atoms with Crippen molar-refractivity contribution in [2.24, 2.45) is 0 Å². The van der Waals surface area contributed by atoms with Gasteiger partial charge < -0.3 is 9.64 Å². The van der Waals surface area contributed by atoms with Gasteiger partial charge in [0.2, 0.25) is 0 Å². The molecule has 0 aliphatic carbocycles. The summed E-state index contributed by atoms with van der Waals surface area (Å²) in [6.45, 7) is -3.80. The van der Waals surface area contributed by atoms with E-state index in [4.69, 9.17) is 0 Å². The largest absolute Gasteiger partial charge is 0.457 e. The predicted molar refractivity (Wildman–Crippen MR) is 103 cm³/mol. The Labute approximate surface area is 192 Å². The van der Waals surface area contributed by atoms with E-state index >= 15 is 4.39 Å². The molecule has 0 saturated carbocycles. The van der Waals surface area contributed by atoms with E-state index in [1.165, 1.54) is 24.3 Å². The lowest BCUT2D eigenvalue weighted by atomic mass is 9.87. The number of rotatable bonds is 5. The molecule has 1 aliphatic rings. The molecule has 0 spiro atoms. The van der Waals surface area contributed by atoms with E-state index in [1.807, 2.05) is 0 Å². The minimum absolute atomic E-state index is 0.107. The average molecular weight is 570 g/mol. The molecule has 0 bridgehead atoms. The summed E-state index contributed by atoms with van der Waals surface area (Å²) in [6.07, 6.45) is -10.8. The summed E-state index contributed by atoms with van der Waals surface area (Å²) in [5, 5.41) is 0. The number of para-hydroxylation sites is 1. The van der Waals surface area contributed by atoms with Crippen LogP contribution in [0.2, 0.25) is 0 Å². The Bertz CT molecular complexity index is 1100. The maximum absolute atomic E-state index is 15.2. The lowest BCUT2D eigenvalue weighted by molar-refractivity contribution is -0.389. The molecule has 1 heterocycles. The Hall–Kier alpha value is -2.51. The van der Waals surface area contributed by atoms with Gasteiger partial charge in [0.15, 0.2) is 5.75 Å². The van der Waals surface area contributed by atoms with Crippen LogP contribution < -0.4 is 9.64 Å². The molecule has 0 N–H and O–H groups in total. The van der Waals surface area contributed by atoms with Crippen molar-refractivity contribution in [1.29, 1.82) is 0 Å². The van der Waals surface area contributed by atoms with Gasteiger partial charge in [-0.3, -0.25) is 0 Å². The monoisotopic (exact) mass is 569 g/mol. The third-order valence-corrected chi connectivity index (χ3v) is 5.73. The fraction of sp³-hybridized carbons (Fsp3) is 0.300. The van der Waals surface area contributed by atoms with E-state index in [2.05, 4.69) is 20.7 Å². The number of nitrogens with zero attached hydrogens (tertiary/aromatic N) is 1. The standard InChI is InChI=1S/C20H11BrF11NO/c21-14-11(17(24,19(27,28)29)18(25,26)20(30,31)32)7-8-13(34-16(22)23)15(14)33-9-3-5-10-4-1-2-6-12(10)33/h1-8,16H,9H2. The fourth-order valence-electron chi connectivity index (χ4n) is 3.42. The summed E-state index contributed by atoms with van der Waals surface area (Å²) >= 11 is 2.47. The van der Waals surface area contributed by atoms with Crippen LogP contribution in [0, 0.1) is 0 Å². The molecule has 2 nitrogen and oxygen atoms in total. The van der Waals surface area contributed by atoms with Crippen molar-refractivity contribution >= 4 is 33.4 Å². The quantitative estimate of drug-likeness (QED) is 0.337. The van der Waals surface area contributed by atoms with Crippen LogP contribution in [-0.2, 0) is 5.67 Å². The molecular weight excluding hydrogens is 559 g/mol. The summed E-state index contributed by atoms with van der Waals surface area (Å²) in [6, 6.07) is 6.05. The number of benzene rings is 2. The molecule has 2 aromatic rings. The van der Waals surface area contributed by atoms with Crippen molar-refractivity contribution in [1.82, 2.24) is 0 Å². The first-order chi connectivity index (χ1) is 15.5. The van der Waals surface area contributed by atoms with Gasteiger partial charge in [-0.05, 0) is 33.6 Å². The molecule has 0 aromatic heterocycles. The summed E-state index contributed by atoms with van der Waals surface area (Å²) < 4.78 is 152. The number of fused-ring (bicyclic) bond motifs is 1. The van der Waals surface area contributed by atoms with Gasteiger partial charge in [0, 0.05) is 17.8 Å². The van der Waals surface area contributed by atoms with Gasteiger partial charge in [-0.15, -0.1) is 0 Å². The minimum Gasteiger partial charge on any atom is -0.433 e. The highest BCUT2D eigenvalue weighted by molar-refractivity contribution is 9.10. The van der Waals surface area contributed by atoms with Gasteiger partial charge in [-0.2, -0.15) is 43.9 Å². The molecule has 0 fully saturated rings. The molecule has 0 radical (unpaired) electrons. The van der Waals surface area contributed by atoms with Crippen molar-refractivity contribution in [3.8, 4) is 5.75 Å². The lowest BCUT2D eigenvalue weighted by Crippen LogP contribution is -2.60. The topological polar surface area (TPSA) is 12.5 Å². The molecular formula is C20H11BrF11NO. The van der Waals surface area contributed by atoms with Crippen LogP contribution in [0.4, 0.5) is 59.7 Å². The van der Waals surface area contributed by atoms with Crippen molar-refractivity contribution in [2.45, 2.75) is 30.6 Å². The Morgan fingerprint density at radius 1 is 0.853 bits per heavy atom. The maximum Gasteiger partial charge on any atom is 0.457 e. The number of hydrogen-bond acceptors (Lipinski definition) is 2. The molecule has 186 valence electrons. The molecule has 1 unspecified atom stereocenters. The van der Waals surface area contributed by atoms with Gasteiger partial charge in [-0.25, -0.2) is 4.39 Å². The van der Waals surface area contributed by atoms with E-state index in [1.54, 1.807) is 12.1 Å². The number of anilines is 2. The molecule has 0 saturated heterocycles. The van der Waals surface area contributed by atoms with E-state index in [9.17, 15) is 43.9 Å². The highest BCUT2D eigenvalue weighted by Crippen LogP contribution is 2.61. The maximum atomic E-state index is 15.2. The van der Waals surface area contributed by atoms with Gasteiger partial charge in [0.25, 0.3) is 0 Å². The summed E-state index contributed by atoms with van der Waals surface area (Å²) in [7, 11) is 0. The Kier molecular flexibility index (Phi) is 6.61. The second kappa shape index (κ2) is 8.61. The summed E-state index contributed by atoms with van der Waals surface area (Å²) in [5.41, 5.74) is -8.71. The predicted octanol–water partition coefficient (Wildman–Crippen LogP) is 8.14. The minimum atomic E-state index is -6.95. The van der Waals surface area contributed by atoms with E-state index in [0.717, 1.165) is 4.90 Å². The highest BCUT2D eigenvalue weighted by atomic mass is 79.9. The van der Waals surface area contributed by atoms with E-state index < -0.39 is 52.0 Å². The van der Waals surface area contributed by atoms with Crippen molar-refractivity contribution < 1.29 is 53.0 Å². The van der Waals surface area contributed by atoms with Crippen LogP contribution in [0.1, 0.15) is 11.1 Å². The molecule has 0 amide bonds. The molecule has 14 heteroatoms. The summed E-state index contributed by atoms with van der Waals surface area (Å²) in [4.78, 5) is 1.00.